The highest BCUT2D eigenvalue weighted by atomic mass is 79.9. The second-order valence-corrected chi connectivity index (χ2v) is 5.42. The van der Waals surface area contributed by atoms with Crippen molar-refractivity contribution in [3.63, 3.8) is 0 Å². The van der Waals surface area contributed by atoms with Crippen molar-refractivity contribution in [2.24, 2.45) is 0 Å². The van der Waals surface area contributed by atoms with Crippen LogP contribution in [0.2, 0.25) is 0 Å². The summed E-state index contributed by atoms with van der Waals surface area (Å²) in [7, 11) is 0. The summed E-state index contributed by atoms with van der Waals surface area (Å²) < 4.78 is 12.5. The number of hydrogen-bond acceptors (Lipinski definition) is 3. The molecule has 18 heavy (non-hydrogen) atoms. The molecule has 94 valence electrons. The fourth-order valence-corrected chi connectivity index (χ4v) is 3.55. The Morgan fingerprint density at radius 1 is 1.22 bits per heavy atom. The highest BCUT2D eigenvalue weighted by Crippen LogP contribution is 2.49. The molecule has 0 radical (unpaired) electrons. The molecule has 0 fully saturated rings. The van der Waals surface area contributed by atoms with Crippen molar-refractivity contribution in [2.45, 2.75) is 32.1 Å². The fraction of sp³-hybridized carbons (Fsp3) is 0.500. The Kier molecular flexibility index (Phi) is 2.95. The van der Waals surface area contributed by atoms with E-state index in [4.69, 9.17) is 9.47 Å². The van der Waals surface area contributed by atoms with Crippen LogP contribution >= 0.6 is 15.9 Å². The zero-order chi connectivity index (χ0) is 12.7. The first-order valence-corrected chi connectivity index (χ1v) is 7.09. The van der Waals surface area contributed by atoms with Crippen LogP contribution in [0, 0.1) is 11.3 Å². The lowest BCUT2D eigenvalue weighted by Gasteiger charge is -2.17. The quantitative estimate of drug-likeness (QED) is 0.841. The molecular weight excluding hydrogens is 294 g/mol. The lowest BCUT2D eigenvalue weighted by molar-refractivity contribution is 0.351. The number of halogens is 1. The van der Waals surface area contributed by atoms with Gasteiger partial charge >= 0.3 is 0 Å². The average Bonchev–Trinajstić information content (AvgIpc) is 3.03. The highest BCUT2D eigenvalue weighted by molar-refractivity contribution is 9.10. The third-order valence-corrected chi connectivity index (χ3v) is 4.53. The molecule has 0 bridgehead atoms. The van der Waals surface area contributed by atoms with Gasteiger partial charge in [-0.25, -0.2) is 0 Å². The van der Waals surface area contributed by atoms with Gasteiger partial charge in [-0.05, 0) is 22.4 Å². The van der Waals surface area contributed by atoms with Crippen molar-refractivity contribution in [1.82, 2.24) is 0 Å². The average molecular weight is 308 g/mol. The molecule has 0 aliphatic carbocycles. The van der Waals surface area contributed by atoms with Gasteiger partial charge in [-0.2, -0.15) is 5.26 Å². The molecule has 0 saturated heterocycles. The van der Waals surface area contributed by atoms with Crippen LogP contribution in [-0.2, 0) is 12.8 Å². The van der Waals surface area contributed by atoms with E-state index >= 15 is 0 Å². The van der Waals surface area contributed by atoms with Crippen LogP contribution in [0.1, 0.15) is 36.0 Å². The maximum absolute atomic E-state index is 9.35. The normalized spacial score (nSPS) is 17.4. The molecule has 3 nitrogen and oxygen atoms in total. The maximum atomic E-state index is 9.35. The summed E-state index contributed by atoms with van der Waals surface area (Å²) in [5.74, 6) is 1.77. The Hall–Kier alpha value is -1.21. The third-order valence-electron chi connectivity index (χ3n) is 3.69. The van der Waals surface area contributed by atoms with E-state index in [9.17, 15) is 5.26 Å². The van der Waals surface area contributed by atoms with Gasteiger partial charge < -0.3 is 9.47 Å². The minimum atomic E-state index is -0.0969. The predicted molar refractivity (Wildman–Crippen MR) is 71.2 cm³/mol. The van der Waals surface area contributed by atoms with Crippen LogP contribution in [0.15, 0.2) is 4.47 Å². The largest absolute Gasteiger partial charge is 0.493 e. The molecule has 0 N–H and O–H groups in total. The van der Waals surface area contributed by atoms with E-state index in [0.29, 0.717) is 13.2 Å². The Labute approximate surface area is 115 Å². The monoisotopic (exact) mass is 307 g/mol. The van der Waals surface area contributed by atoms with Gasteiger partial charge in [0.15, 0.2) is 0 Å². The van der Waals surface area contributed by atoms with Gasteiger partial charge in [0.25, 0.3) is 0 Å². The summed E-state index contributed by atoms with van der Waals surface area (Å²) in [6.45, 7) is 3.44. The second kappa shape index (κ2) is 4.47. The number of benzene rings is 1. The van der Waals surface area contributed by atoms with E-state index in [1.807, 2.05) is 6.92 Å². The molecule has 0 saturated carbocycles. The van der Waals surface area contributed by atoms with Crippen molar-refractivity contribution in [1.29, 1.82) is 5.26 Å². The van der Waals surface area contributed by atoms with Gasteiger partial charge in [0.2, 0.25) is 0 Å². The number of fused-ring (bicyclic) bond motifs is 2. The molecule has 1 unspecified atom stereocenters. The number of rotatable bonds is 2. The van der Waals surface area contributed by atoms with Crippen molar-refractivity contribution in [3.8, 4) is 17.6 Å². The van der Waals surface area contributed by atoms with E-state index in [2.05, 4.69) is 22.0 Å². The standard InChI is InChI=1S/C14H14BrNO2/c1-2-8(7-16)11-9-3-5-18-14(9)12(15)10-4-6-17-13(10)11/h8H,2-6H2,1H3. The molecule has 0 aromatic heterocycles. The fourth-order valence-electron chi connectivity index (χ4n) is 2.82. The first-order chi connectivity index (χ1) is 8.77. The number of ether oxygens (including phenoxy) is 2. The summed E-state index contributed by atoms with van der Waals surface area (Å²) in [6.07, 6.45) is 2.57. The lowest BCUT2D eigenvalue weighted by atomic mass is 9.89. The minimum absolute atomic E-state index is 0.0969. The summed E-state index contributed by atoms with van der Waals surface area (Å²) >= 11 is 3.62. The van der Waals surface area contributed by atoms with Gasteiger partial charge in [0, 0.05) is 29.5 Å². The topological polar surface area (TPSA) is 42.2 Å². The Morgan fingerprint density at radius 3 is 2.56 bits per heavy atom. The molecule has 0 amide bonds. The van der Waals surface area contributed by atoms with E-state index in [1.54, 1.807) is 0 Å². The maximum Gasteiger partial charge on any atom is 0.137 e. The molecule has 1 aromatic carbocycles. The van der Waals surface area contributed by atoms with Gasteiger partial charge in [0.05, 0.1) is 29.7 Å². The lowest BCUT2D eigenvalue weighted by Crippen LogP contribution is -2.02. The van der Waals surface area contributed by atoms with Gasteiger partial charge in [-0.15, -0.1) is 0 Å². The summed E-state index contributed by atoms with van der Waals surface area (Å²) in [5, 5.41) is 9.35. The van der Waals surface area contributed by atoms with Gasteiger partial charge in [0.1, 0.15) is 11.5 Å². The smallest absolute Gasteiger partial charge is 0.137 e. The zero-order valence-corrected chi connectivity index (χ0v) is 11.8. The minimum Gasteiger partial charge on any atom is -0.493 e. The third kappa shape index (κ3) is 1.54. The van der Waals surface area contributed by atoms with Crippen molar-refractivity contribution >= 4 is 15.9 Å². The van der Waals surface area contributed by atoms with Crippen LogP contribution in [0.3, 0.4) is 0 Å². The zero-order valence-electron chi connectivity index (χ0n) is 10.3. The van der Waals surface area contributed by atoms with Gasteiger partial charge in [-0.3, -0.25) is 0 Å². The van der Waals surface area contributed by atoms with Crippen LogP contribution in [0.5, 0.6) is 11.5 Å². The molecule has 4 heteroatoms. The number of nitriles is 1. The highest BCUT2D eigenvalue weighted by Gasteiger charge is 2.33. The van der Waals surface area contributed by atoms with Crippen LogP contribution in [-0.4, -0.2) is 13.2 Å². The van der Waals surface area contributed by atoms with E-state index in [1.165, 1.54) is 5.56 Å². The number of hydrogen-bond donors (Lipinski definition) is 0. The first kappa shape index (κ1) is 11.9. The molecule has 3 rings (SSSR count). The van der Waals surface area contributed by atoms with Crippen molar-refractivity contribution in [3.05, 3.63) is 21.2 Å². The van der Waals surface area contributed by atoms with Crippen molar-refractivity contribution in [2.75, 3.05) is 13.2 Å². The van der Waals surface area contributed by atoms with E-state index in [0.717, 1.165) is 46.4 Å². The van der Waals surface area contributed by atoms with E-state index in [-0.39, 0.29) is 5.92 Å². The molecular formula is C14H14BrNO2. The Bertz CT molecular complexity index is 513. The van der Waals surface area contributed by atoms with Crippen LogP contribution < -0.4 is 9.47 Å². The molecule has 1 atom stereocenters. The molecule has 2 aliphatic rings. The van der Waals surface area contributed by atoms with Crippen LogP contribution in [0.25, 0.3) is 0 Å². The molecule has 2 aliphatic heterocycles. The summed E-state index contributed by atoms with van der Waals surface area (Å²) in [6, 6.07) is 2.40. The Balaban J connectivity index is 2.28. The second-order valence-electron chi connectivity index (χ2n) is 4.63. The molecule has 0 spiro atoms. The summed E-state index contributed by atoms with van der Waals surface area (Å²) in [5.41, 5.74) is 3.40. The van der Waals surface area contributed by atoms with Gasteiger partial charge in [-0.1, -0.05) is 6.92 Å². The SMILES string of the molecule is CCC(C#N)c1c2c(c(Br)c3c1OCC3)OCC2. The van der Waals surface area contributed by atoms with Crippen molar-refractivity contribution < 1.29 is 9.47 Å². The molecule has 2 heterocycles. The summed E-state index contributed by atoms with van der Waals surface area (Å²) in [4.78, 5) is 0. The van der Waals surface area contributed by atoms with E-state index < -0.39 is 0 Å². The number of nitrogens with zero attached hydrogens (tertiary/aromatic N) is 1. The Morgan fingerprint density at radius 2 is 1.89 bits per heavy atom. The predicted octanol–water partition coefficient (Wildman–Crippen LogP) is 3.34. The first-order valence-electron chi connectivity index (χ1n) is 6.30. The van der Waals surface area contributed by atoms with Crippen LogP contribution in [0.4, 0.5) is 0 Å². The molecule has 1 aromatic rings.